The number of hydrogen-bond donors (Lipinski definition) is 1. The second-order valence-electron chi connectivity index (χ2n) is 6.25. The van der Waals surface area contributed by atoms with E-state index in [9.17, 15) is 0 Å². The van der Waals surface area contributed by atoms with Crippen LogP contribution >= 0.6 is 0 Å². The van der Waals surface area contributed by atoms with Crippen molar-refractivity contribution in [3.05, 3.63) is 18.2 Å². The number of ether oxygens (including phenoxy) is 1. The third kappa shape index (κ3) is 5.82. The van der Waals surface area contributed by atoms with Crippen LogP contribution in [0, 0.1) is 6.92 Å². The number of unbranched alkanes of at least 4 members (excludes halogenated alkanes) is 1. The molecule has 1 saturated heterocycles. The fraction of sp³-hybridized carbons (Fsp3) is 0.778. The van der Waals surface area contributed by atoms with Gasteiger partial charge in [0, 0.05) is 51.7 Å². The van der Waals surface area contributed by atoms with E-state index in [1.807, 2.05) is 19.3 Å². The maximum Gasteiger partial charge on any atom is 0.193 e. The number of guanidine groups is 1. The van der Waals surface area contributed by atoms with Gasteiger partial charge in [0.1, 0.15) is 5.82 Å². The minimum Gasteiger partial charge on any atom is -0.378 e. The van der Waals surface area contributed by atoms with Gasteiger partial charge in [-0.1, -0.05) is 0 Å². The molecule has 1 aliphatic rings. The van der Waals surface area contributed by atoms with Gasteiger partial charge in [0.25, 0.3) is 0 Å². The summed E-state index contributed by atoms with van der Waals surface area (Å²) in [6, 6.07) is 0. The minimum absolute atomic E-state index is 0.424. The fourth-order valence-electron chi connectivity index (χ4n) is 3.11. The fourth-order valence-corrected chi connectivity index (χ4v) is 3.11. The maximum atomic E-state index is 5.73. The quantitative estimate of drug-likeness (QED) is 0.450. The lowest BCUT2D eigenvalue weighted by atomic mass is 10.1. The molecule has 1 aliphatic heterocycles. The lowest BCUT2D eigenvalue weighted by Crippen LogP contribution is -2.47. The highest BCUT2D eigenvalue weighted by Gasteiger charge is 2.21. The van der Waals surface area contributed by atoms with Crippen LogP contribution in [0.3, 0.4) is 0 Å². The number of imidazole rings is 1. The predicted octanol–water partition coefficient (Wildman–Crippen LogP) is 2.44. The highest BCUT2D eigenvalue weighted by atomic mass is 16.5. The van der Waals surface area contributed by atoms with Crippen molar-refractivity contribution < 1.29 is 4.74 Å². The Bertz CT molecular complexity index is 491. The van der Waals surface area contributed by atoms with E-state index >= 15 is 0 Å². The Morgan fingerprint density at radius 2 is 2.12 bits per heavy atom. The van der Waals surface area contributed by atoms with Crippen LogP contribution in [0.15, 0.2) is 17.4 Å². The third-order valence-electron chi connectivity index (χ3n) is 4.47. The van der Waals surface area contributed by atoms with Gasteiger partial charge in [0.15, 0.2) is 5.96 Å². The van der Waals surface area contributed by atoms with Crippen molar-refractivity contribution in [2.24, 2.45) is 4.99 Å². The molecule has 2 rings (SSSR count). The molecule has 1 fully saturated rings. The lowest BCUT2D eigenvalue weighted by molar-refractivity contribution is 0.0264. The summed E-state index contributed by atoms with van der Waals surface area (Å²) in [4.78, 5) is 11.4. The van der Waals surface area contributed by atoms with Crippen molar-refractivity contribution in [1.82, 2.24) is 19.8 Å². The van der Waals surface area contributed by atoms with E-state index in [2.05, 4.69) is 33.6 Å². The van der Waals surface area contributed by atoms with Gasteiger partial charge in [-0.05, 0) is 46.5 Å². The molecule has 6 heteroatoms. The van der Waals surface area contributed by atoms with Crippen LogP contribution in [0.4, 0.5) is 0 Å². The standard InChI is InChI=1S/C18H33N5O/c1-4-19-18(23-13-8-17(9-14-23)24-5-2)21-10-6-7-12-22-15-11-20-16(22)3/h11,15,17H,4-10,12-14H2,1-3H3,(H,19,21). The number of hydrogen-bond acceptors (Lipinski definition) is 3. The largest absolute Gasteiger partial charge is 0.378 e. The molecule has 0 unspecified atom stereocenters. The Morgan fingerprint density at radius 3 is 2.75 bits per heavy atom. The van der Waals surface area contributed by atoms with E-state index in [1.165, 1.54) is 0 Å². The van der Waals surface area contributed by atoms with Gasteiger partial charge in [-0.25, -0.2) is 4.98 Å². The van der Waals surface area contributed by atoms with Crippen molar-refractivity contribution in [3.63, 3.8) is 0 Å². The highest BCUT2D eigenvalue weighted by Crippen LogP contribution is 2.13. The molecule has 1 N–H and O–H groups in total. The molecule has 0 radical (unpaired) electrons. The van der Waals surface area contributed by atoms with Crippen molar-refractivity contribution in [1.29, 1.82) is 0 Å². The first-order valence-corrected chi connectivity index (χ1v) is 9.37. The van der Waals surface area contributed by atoms with E-state index < -0.39 is 0 Å². The topological polar surface area (TPSA) is 54.7 Å². The Balaban J connectivity index is 1.73. The van der Waals surface area contributed by atoms with Crippen molar-refractivity contribution >= 4 is 5.96 Å². The van der Waals surface area contributed by atoms with Gasteiger partial charge in [-0.15, -0.1) is 0 Å². The van der Waals surface area contributed by atoms with E-state index in [4.69, 9.17) is 9.73 Å². The zero-order chi connectivity index (χ0) is 17.2. The third-order valence-corrected chi connectivity index (χ3v) is 4.47. The molecule has 24 heavy (non-hydrogen) atoms. The van der Waals surface area contributed by atoms with Crippen LogP contribution in [0.2, 0.25) is 0 Å². The van der Waals surface area contributed by atoms with Crippen molar-refractivity contribution in [2.75, 3.05) is 32.8 Å². The van der Waals surface area contributed by atoms with E-state index in [-0.39, 0.29) is 0 Å². The normalized spacial score (nSPS) is 16.6. The molecule has 0 amide bonds. The summed E-state index contributed by atoms with van der Waals surface area (Å²) in [7, 11) is 0. The van der Waals surface area contributed by atoms with Crippen molar-refractivity contribution in [2.45, 2.75) is 59.1 Å². The predicted molar refractivity (Wildman–Crippen MR) is 98.4 cm³/mol. The number of nitrogens with one attached hydrogen (secondary N) is 1. The molecular weight excluding hydrogens is 302 g/mol. The van der Waals surface area contributed by atoms with Crippen LogP contribution in [0.25, 0.3) is 0 Å². The maximum absolute atomic E-state index is 5.73. The summed E-state index contributed by atoms with van der Waals surface area (Å²) in [6.45, 7) is 11.9. The Hall–Kier alpha value is -1.56. The first-order valence-electron chi connectivity index (χ1n) is 9.37. The molecule has 136 valence electrons. The zero-order valence-corrected chi connectivity index (χ0v) is 15.5. The molecule has 1 aromatic heterocycles. The van der Waals surface area contributed by atoms with E-state index in [1.54, 1.807) is 0 Å². The molecule has 2 heterocycles. The van der Waals surface area contributed by atoms with Gasteiger partial charge in [-0.3, -0.25) is 4.99 Å². The Kier molecular flexibility index (Phi) is 8.08. The van der Waals surface area contributed by atoms with Crippen molar-refractivity contribution in [3.8, 4) is 0 Å². The van der Waals surface area contributed by atoms with Crippen LogP contribution in [0.5, 0.6) is 0 Å². The first-order chi connectivity index (χ1) is 11.7. The number of nitrogens with zero attached hydrogens (tertiary/aromatic N) is 4. The van der Waals surface area contributed by atoms with E-state index in [0.717, 1.165) is 76.8 Å². The molecule has 6 nitrogen and oxygen atoms in total. The van der Waals surface area contributed by atoms with Crippen LogP contribution in [-0.4, -0.2) is 59.3 Å². The number of aryl methyl sites for hydroxylation is 2. The highest BCUT2D eigenvalue weighted by molar-refractivity contribution is 5.80. The first kappa shape index (κ1) is 18.8. The summed E-state index contributed by atoms with van der Waals surface area (Å²) < 4.78 is 7.94. The minimum atomic E-state index is 0.424. The Labute approximate surface area is 146 Å². The molecule has 0 saturated carbocycles. The molecule has 0 aliphatic carbocycles. The summed E-state index contributed by atoms with van der Waals surface area (Å²) in [6.07, 6.45) is 8.76. The molecule has 0 aromatic carbocycles. The second-order valence-corrected chi connectivity index (χ2v) is 6.25. The van der Waals surface area contributed by atoms with Crippen LogP contribution in [0.1, 0.15) is 45.4 Å². The van der Waals surface area contributed by atoms with Gasteiger partial charge in [-0.2, -0.15) is 0 Å². The number of piperidine rings is 1. The van der Waals surface area contributed by atoms with Crippen LogP contribution in [-0.2, 0) is 11.3 Å². The van der Waals surface area contributed by atoms with Gasteiger partial charge in [0.2, 0.25) is 0 Å². The summed E-state index contributed by atoms with van der Waals surface area (Å²) in [5.41, 5.74) is 0. The SMILES string of the molecule is CCNC(=NCCCCn1ccnc1C)N1CCC(OCC)CC1. The smallest absolute Gasteiger partial charge is 0.193 e. The zero-order valence-electron chi connectivity index (χ0n) is 15.5. The van der Waals surface area contributed by atoms with Gasteiger partial charge < -0.3 is 19.5 Å². The molecule has 1 aromatic rings. The molecule has 0 atom stereocenters. The second kappa shape index (κ2) is 10.3. The summed E-state index contributed by atoms with van der Waals surface area (Å²) in [5.74, 6) is 2.15. The average molecular weight is 335 g/mol. The summed E-state index contributed by atoms with van der Waals surface area (Å²) in [5, 5.41) is 3.43. The number of aromatic nitrogens is 2. The average Bonchev–Trinajstić information content (AvgIpc) is 3.00. The van der Waals surface area contributed by atoms with Crippen LogP contribution < -0.4 is 5.32 Å². The van der Waals surface area contributed by atoms with Gasteiger partial charge in [0.05, 0.1) is 6.10 Å². The van der Waals surface area contributed by atoms with Gasteiger partial charge >= 0.3 is 0 Å². The summed E-state index contributed by atoms with van der Waals surface area (Å²) >= 11 is 0. The number of aliphatic imine (C=N–C) groups is 1. The number of likely N-dealkylation sites (tertiary alicyclic amines) is 1. The monoisotopic (exact) mass is 335 g/mol. The Morgan fingerprint density at radius 1 is 1.33 bits per heavy atom. The van der Waals surface area contributed by atoms with E-state index in [0.29, 0.717) is 6.10 Å². The number of rotatable bonds is 8. The molecule has 0 bridgehead atoms. The lowest BCUT2D eigenvalue weighted by Gasteiger charge is -2.34. The molecule has 0 spiro atoms. The molecular formula is C18H33N5O.